The lowest BCUT2D eigenvalue weighted by molar-refractivity contribution is -0.384. The first-order valence-corrected chi connectivity index (χ1v) is 12.9. The van der Waals surface area contributed by atoms with Crippen LogP contribution in [0.5, 0.6) is 0 Å². The number of sulfonamides is 1. The lowest BCUT2D eigenvalue weighted by Crippen LogP contribution is -2.47. The van der Waals surface area contributed by atoms with Crippen molar-refractivity contribution in [2.24, 2.45) is 0 Å². The Hall–Kier alpha value is -2.60. The zero-order valence-corrected chi connectivity index (χ0v) is 20.1. The molecule has 9 nitrogen and oxygen atoms in total. The predicted molar refractivity (Wildman–Crippen MR) is 128 cm³/mol. The van der Waals surface area contributed by atoms with Crippen molar-refractivity contribution in [2.45, 2.75) is 17.9 Å². The van der Waals surface area contributed by atoms with Gasteiger partial charge in [-0.25, -0.2) is 12.8 Å². The molecule has 0 saturated carbocycles. The van der Waals surface area contributed by atoms with Crippen molar-refractivity contribution in [1.82, 2.24) is 14.1 Å². The van der Waals surface area contributed by atoms with Gasteiger partial charge in [-0.1, -0.05) is 12.1 Å². The molecule has 2 heterocycles. The molecule has 184 valence electrons. The van der Waals surface area contributed by atoms with Crippen molar-refractivity contribution < 1.29 is 17.7 Å². The van der Waals surface area contributed by atoms with Crippen LogP contribution in [0.15, 0.2) is 47.4 Å². The van der Waals surface area contributed by atoms with Crippen molar-refractivity contribution in [3.05, 3.63) is 64.0 Å². The van der Waals surface area contributed by atoms with Gasteiger partial charge in [-0.15, -0.1) is 0 Å². The number of benzene rings is 2. The summed E-state index contributed by atoms with van der Waals surface area (Å²) in [6, 6.07) is 10.7. The molecule has 0 radical (unpaired) electrons. The van der Waals surface area contributed by atoms with Crippen molar-refractivity contribution in [2.75, 3.05) is 64.3 Å². The van der Waals surface area contributed by atoms with E-state index in [2.05, 4.69) is 9.80 Å². The molecule has 0 unspecified atom stereocenters. The second-order valence-electron chi connectivity index (χ2n) is 8.86. The number of nitro benzene ring substituents is 1. The van der Waals surface area contributed by atoms with E-state index in [0.717, 1.165) is 18.5 Å². The molecule has 0 atom stereocenters. The highest BCUT2D eigenvalue weighted by molar-refractivity contribution is 7.89. The fraction of sp³-hybridized carbons (Fsp3) is 0.478. The number of halogens is 1. The van der Waals surface area contributed by atoms with Gasteiger partial charge >= 0.3 is 0 Å². The summed E-state index contributed by atoms with van der Waals surface area (Å²) in [6.07, 6.45) is 0.805. The Balaban J connectivity index is 1.50. The van der Waals surface area contributed by atoms with Crippen LogP contribution in [0.25, 0.3) is 0 Å². The largest absolute Gasteiger partial charge is 0.365 e. The highest BCUT2D eigenvalue weighted by Crippen LogP contribution is 2.33. The first kappa shape index (κ1) is 24.5. The van der Waals surface area contributed by atoms with Crippen LogP contribution in [0.1, 0.15) is 12.0 Å². The molecular weight excluding hydrogens is 461 g/mol. The quantitative estimate of drug-likeness (QED) is 0.453. The average Bonchev–Trinajstić information content (AvgIpc) is 3.06. The first-order chi connectivity index (χ1) is 16.2. The molecule has 0 spiro atoms. The molecule has 34 heavy (non-hydrogen) atoms. The lowest BCUT2D eigenvalue weighted by atomic mass is 10.2. The van der Waals surface area contributed by atoms with Gasteiger partial charge in [0.1, 0.15) is 11.5 Å². The van der Waals surface area contributed by atoms with E-state index in [0.29, 0.717) is 58.0 Å². The number of likely N-dealkylation sites (N-methyl/N-ethyl adjacent to an activating group) is 1. The zero-order valence-electron chi connectivity index (χ0n) is 19.3. The second kappa shape index (κ2) is 10.3. The second-order valence-corrected chi connectivity index (χ2v) is 10.8. The van der Waals surface area contributed by atoms with E-state index in [1.54, 1.807) is 18.2 Å². The molecule has 2 saturated heterocycles. The summed E-state index contributed by atoms with van der Waals surface area (Å²) in [7, 11) is -1.86. The SMILES string of the molecule is CN1CCN(S(=O)(=O)c2ccc(N3CCCN(Cc4ccc(F)cc4)CC3)c([N+](=O)[O-])c2)CC1. The summed E-state index contributed by atoms with van der Waals surface area (Å²) in [5.74, 6) is -0.267. The summed E-state index contributed by atoms with van der Waals surface area (Å²) in [4.78, 5) is 17.6. The number of anilines is 1. The molecule has 0 N–H and O–H groups in total. The topological polar surface area (TPSA) is 90.2 Å². The number of hydrogen-bond acceptors (Lipinski definition) is 7. The van der Waals surface area contributed by atoms with Gasteiger partial charge in [0.25, 0.3) is 5.69 Å². The van der Waals surface area contributed by atoms with E-state index < -0.39 is 14.9 Å². The van der Waals surface area contributed by atoms with Gasteiger partial charge in [0.15, 0.2) is 0 Å². The third-order valence-electron chi connectivity index (χ3n) is 6.49. The Morgan fingerprint density at radius 1 is 0.941 bits per heavy atom. The minimum absolute atomic E-state index is 0.0414. The standard InChI is InChI=1S/C23H30FN5O4S/c1-25-11-15-28(16-12-25)34(32,33)21-7-8-22(23(17-21)29(30)31)27-10-2-9-26(13-14-27)18-19-3-5-20(24)6-4-19/h3-8,17H,2,9-16,18H2,1H3. The smallest absolute Gasteiger partial charge is 0.293 e. The molecule has 2 aliphatic heterocycles. The molecule has 0 aromatic heterocycles. The molecule has 0 bridgehead atoms. The van der Waals surface area contributed by atoms with Crippen LogP contribution in [0.4, 0.5) is 15.8 Å². The Morgan fingerprint density at radius 2 is 1.65 bits per heavy atom. The molecular formula is C23H30FN5O4S. The monoisotopic (exact) mass is 491 g/mol. The van der Waals surface area contributed by atoms with E-state index in [1.807, 2.05) is 11.9 Å². The van der Waals surface area contributed by atoms with Crippen LogP contribution in [0.3, 0.4) is 0 Å². The molecule has 2 aliphatic rings. The molecule has 2 fully saturated rings. The summed E-state index contributed by atoms with van der Waals surface area (Å²) in [5, 5.41) is 11.9. The maximum absolute atomic E-state index is 13.2. The summed E-state index contributed by atoms with van der Waals surface area (Å²) < 4.78 is 40.8. The first-order valence-electron chi connectivity index (χ1n) is 11.4. The van der Waals surface area contributed by atoms with Gasteiger partial charge in [0.2, 0.25) is 10.0 Å². The van der Waals surface area contributed by atoms with Crippen LogP contribution in [0, 0.1) is 15.9 Å². The van der Waals surface area contributed by atoms with Crippen LogP contribution >= 0.6 is 0 Å². The summed E-state index contributed by atoms with van der Waals surface area (Å²) in [6.45, 7) is 5.38. The van der Waals surface area contributed by atoms with Gasteiger partial charge in [-0.3, -0.25) is 15.0 Å². The fourth-order valence-electron chi connectivity index (χ4n) is 4.47. The van der Waals surface area contributed by atoms with Gasteiger partial charge in [0.05, 0.1) is 9.82 Å². The number of piperazine rings is 1. The average molecular weight is 492 g/mol. The number of hydrogen-bond donors (Lipinski definition) is 0. The Labute approximate surface area is 199 Å². The molecule has 0 aliphatic carbocycles. The summed E-state index contributed by atoms with van der Waals surface area (Å²) in [5.41, 5.74) is 1.26. The Bertz CT molecular complexity index is 1120. The molecule has 11 heteroatoms. The van der Waals surface area contributed by atoms with Gasteiger partial charge in [-0.05, 0) is 43.3 Å². The lowest BCUT2D eigenvalue weighted by Gasteiger charge is -2.31. The molecule has 2 aromatic rings. The van der Waals surface area contributed by atoms with Gasteiger partial charge in [-0.2, -0.15) is 4.31 Å². The highest BCUT2D eigenvalue weighted by Gasteiger charge is 2.31. The highest BCUT2D eigenvalue weighted by atomic mass is 32.2. The van der Waals surface area contributed by atoms with Crippen molar-refractivity contribution >= 4 is 21.4 Å². The minimum atomic E-state index is -3.79. The number of nitro groups is 1. The molecule has 4 rings (SSSR count). The van der Waals surface area contributed by atoms with Crippen molar-refractivity contribution in [1.29, 1.82) is 0 Å². The third kappa shape index (κ3) is 5.54. The van der Waals surface area contributed by atoms with Crippen molar-refractivity contribution in [3.63, 3.8) is 0 Å². The van der Waals surface area contributed by atoms with Gasteiger partial charge < -0.3 is 9.80 Å². The zero-order chi connectivity index (χ0) is 24.3. The van der Waals surface area contributed by atoms with E-state index in [1.165, 1.54) is 28.6 Å². The summed E-state index contributed by atoms with van der Waals surface area (Å²) >= 11 is 0. The van der Waals surface area contributed by atoms with Crippen LogP contribution in [-0.4, -0.2) is 86.9 Å². The maximum Gasteiger partial charge on any atom is 0.293 e. The normalized spacial score (nSPS) is 19.2. The van der Waals surface area contributed by atoms with E-state index >= 15 is 0 Å². The van der Waals surface area contributed by atoms with Crippen LogP contribution in [-0.2, 0) is 16.6 Å². The molecule has 2 aromatic carbocycles. The predicted octanol–water partition coefficient (Wildman–Crippen LogP) is 2.38. The Kier molecular flexibility index (Phi) is 7.46. The van der Waals surface area contributed by atoms with Crippen molar-refractivity contribution in [3.8, 4) is 0 Å². The number of rotatable bonds is 6. The minimum Gasteiger partial charge on any atom is -0.365 e. The fourth-order valence-corrected chi connectivity index (χ4v) is 5.92. The van der Waals surface area contributed by atoms with E-state index in [4.69, 9.17) is 0 Å². The van der Waals surface area contributed by atoms with E-state index in [9.17, 15) is 22.9 Å². The van der Waals surface area contributed by atoms with E-state index in [-0.39, 0.29) is 16.4 Å². The Morgan fingerprint density at radius 3 is 2.32 bits per heavy atom. The number of nitrogens with zero attached hydrogens (tertiary/aromatic N) is 5. The molecule has 0 amide bonds. The van der Waals surface area contributed by atoms with Crippen LogP contribution in [0.2, 0.25) is 0 Å². The maximum atomic E-state index is 13.2. The third-order valence-corrected chi connectivity index (χ3v) is 8.39. The van der Waals surface area contributed by atoms with Gasteiger partial charge in [0, 0.05) is 65.0 Å². The van der Waals surface area contributed by atoms with Crippen LogP contribution < -0.4 is 4.90 Å².